The normalized spacial score (nSPS) is 19.2. The first-order valence-electron chi connectivity index (χ1n) is 6.33. The van der Waals surface area contributed by atoms with E-state index in [4.69, 9.17) is 0 Å². The molecule has 0 bridgehead atoms. The molecule has 1 saturated heterocycles. The SMILES string of the molecule is CCc1cnc(CNC(=O)N2CCC[C@@H]2CO)s1. The van der Waals surface area contributed by atoms with Crippen molar-refractivity contribution in [2.24, 2.45) is 0 Å². The molecule has 0 spiro atoms. The van der Waals surface area contributed by atoms with Crippen LogP contribution in [0.1, 0.15) is 29.7 Å². The predicted molar refractivity (Wildman–Crippen MR) is 70.5 cm³/mol. The molecule has 1 fully saturated rings. The number of nitrogens with one attached hydrogen (secondary N) is 1. The molecule has 2 amide bonds. The summed E-state index contributed by atoms with van der Waals surface area (Å²) in [5.74, 6) is 0. The van der Waals surface area contributed by atoms with Gasteiger partial charge in [-0.15, -0.1) is 11.3 Å². The van der Waals surface area contributed by atoms with Crippen molar-refractivity contribution in [2.45, 2.75) is 38.8 Å². The number of hydrogen-bond donors (Lipinski definition) is 2. The molecule has 0 aromatic carbocycles. The average molecular weight is 269 g/mol. The number of aryl methyl sites for hydroxylation is 1. The zero-order valence-electron chi connectivity index (χ0n) is 10.6. The average Bonchev–Trinajstić information content (AvgIpc) is 3.04. The van der Waals surface area contributed by atoms with E-state index in [9.17, 15) is 9.90 Å². The van der Waals surface area contributed by atoms with Gasteiger partial charge in [0.25, 0.3) is 0 Å². The van der Waals surface area contributed by atoms with Crippen LogP contribution in [0.4, 0.5) is 4.79 Å². The maximum absolute atomic E-state index is 11.9. The predicted octanol–water partition coefficient (Wildman–Crippen LogP) is 1.37. The molecule has 0 unspecified atom stereocenters. The van der Waals surface area contributed by atoms with Crippen LogP contribution in [0.5, 0.6) is 0 Å². The Kier molecular flexibility index (Phi) is 4.54. The lowest BCUT2D eigenvalue weighted by Gasteiger charge is -2.22. The molecule has 1 atom stereocenters. The molecule has 2 heterocycles. The third-order valence-electron chi connectivity index (χ3n) is 3.19. The molecule has 1 aromatic heterocycles. The van der Waals surface area contributed by atoms with Crippen molar-refractivity contribution >= 4 is 17.4 Å². The number of likely N-dealkylation sites (tertiary alicyclic amines) is 1. The fourth-order valence-electron chi connectivity index (χ4n) is 2.14. The molecule has 0 saturated carbocycles. The number of aliphatic hydroxyl groups excluding tert-OH is 1. The highest BCUT2D eigenvalue weighted by Crippen LogP contribution is 2.17. The zero-order valence-corrected chi connectivity index (χ0v) is 11.4. The highest BCUT2D eigenvalue weighted by Gasteiger charge is 2.27. The summed E-state index contributed by atoms with van der Waals surface area (Å²) in [6, 6.07) is -0.118. The Balaban J connectivity index is 1.84. The van der Waals surface area contributed by atoms with E-state index < -0.39 is 0 Å². The van der Waals surface area contributed by atoms with Crippen molar-refractivity contribution in [3.63, 3.8) is 0 Å². The molecule has 2 rings (SSSR count). The minimum atomic E-state index is -0.0974. The number of hydrogen-bond acceptors (Lipinski definition) is 4. The second-order valence-corrected chi connectivity index (χ2v) is 5.60. The number of aromatic nitrogens is 1. The Labute approximate surface area is 111 Å². The van der Waals surface area contributed by atoms with Crippen LogP contribution in [-0.4, -0.2) is 40.2 Å². The van der Waals surface area contributed by atoms with E-state index >= 15 is 0 Å². The third kappa shape index (κ3) is 3.00. The largest absolute Gasteiger partial charge is 0.394 e. The van der Waals surface area contributed by atoms with E-state index in [0.717, 1.165) is 30.8 Å². The van der Waals surface area contributed by atoms with E-state index in [1.54, 1.807) is 16.2 Å². The number of thiazole rings is 1. The summed E-state index contributed by atoms with van der Waals surface area (Å²) in [5, 5.41) is 13.0. The van der Waals surface area contributed by atoms with Gasteiger partial charge in [0.2, 0.25) is 0 Å². The van der Waals surface area contributed by atoms with Crippen molar-refractivity contribution in [3.05, 3.63) is 16.1 Å². The molecule has 18 heavy (non-hydrogen) atoms. The number of urea groups is 1. The molecule has 2 N–H and O–H groups in total. The Hall–Kier alpha value is -1.14. The summed E-state index contributed by atoms with van der Waals surface area (Å²) in [4.78, 5) is 19.2. The van der Waals surface area contributed by atoms with Gasteiger partial charge in [0.15, 0.2) is 0 Å². The van der Waals surface area contributed by atoms with Crippen LogP contribution in [0.2, 0.25) is 0 Å². The number of carbonyl (C=O) groups excluding carboxylic acids is 1. The maximum atomic E-state index is 11.9. The fourth-order valence-corrected chi connectivity index (χ4v) is 2.94. The first-order chi connectivity index (χ1) is 8.74. The fraction of sp³-hybridized carbons (Fsp3) is 0.667. The number of rotatable bonds is 4. The van der Waals surface area contributed by atoms with Crippen LogP contribution in [0, 0.1) is 0 Å². The number of aliphatic hydroxyl groups is 1. The quantitative estimate of drug-likeness (QED) is 0.867. The lowest BCUT2D eigenvalue weighted by Crippen LogP contribution is -2.43. The summed E-state index contributed by atoms with van der Waals surface area (Å²) in [7, 11) is 0. The highest BCUT2D eigenvalue weighted by molar-refractivity contribution is 7.11. The number of nitrogens with zero attached hydrogens (tertiary/aromatic N) is 2. The van der Waals surface area contributed by atoms with Crippen molar-refractivity contribution in [1.29, 1.82) is 0 Å². The van der Waals surface area contributed by atoms with Gasteiger partial charge in [0.05, 0.1) is 19.2 Å². The first kappa shape index (κ1) is 13.3. The van der Waals surface area contributed by atoms with Gasteiger partial charge in [0, 0.05) is 17.6 Å². The number of carbonyl (C=O) groups is 1. The van der Waals surface area contributed by atoms with Crippen molar-refractivity contribution < 1.29 is 9.90 Å². The lowest BCUT2D eigenvalue weighted by atomic mass is 10.2. The van der Waals surface area contributed by atoms with E-state index in [2.05, 4.69) is 17.2 Å². The molecule has 0 radical (unpaired) electrons. The zero-order chi connectivity index (χ0) is 13.0. The molecule has 100 valence electrons. The second kappa shape index (κ2) is 6.15. The van der Waals surface area contributed by atoms with Gasteiger partial charge in [-0.25, -0.2) is 9.78 Å². The van der Waals surface area contributed by atoms with Gasteiger partial charge in [0.1, 0.15) is 5.01 Å². The van der Waals surface area contributed by atoms with Crippen molar-refractivity contribution in [1.82, 2.24) is 15.2 Å². The van der Waals surface area contributed by atoms with E-state index in [0.29, 0.717) is 6.54 Å². The topological polar surface area (TPSA) is 65.5 Å². The van der Waals surface area contributed by atoms with Crippen LogP contribution in [0.25, 0.3) is 0 Å². The van der Waals surface area contributed by atoms with Crippen LogP contribution in [0.15, 0.2) is 6.20 Å². The second-order valence-electron chi connectivity index (χ2n) is 4.40. The van der Waals surface area contributed by atoms with Gasteiger partial charge in [-0.3, -0.25) is 0 Å². The van der Waals surface area contributed by atoms with Gasteiger partial charge in [-0.05, 0) is 19.3 Å². The summed E-state index contributed by atoms with van der Waals surface area (Å²) in [6.07, 6.45) is 4.69. The Bertz CT molecular complexity index is 408. The van der Waals surface area contributed by atoms with Crippen molar-refractivity contribution in [2.75, 3.05) is 13.2 Å². The maximum Gasteiger partial charge on any atom is 0.318 e. The van der Waals surface area contributed by atoms with E-state index in [1.165, 1.54) is 4.88 Å². The number of amides is 2. The molecule has 1 aliphatic heterocycles. The summed E-state index contributed by atoms with van der Waals surface area (Å²) in [6.45, 7) is 3.34. The smallest absolute Gasteiger partial charge is 0.318 e. The third-order valence-corrected chi connectivity index (χ3v) is 4.33. The molecular weight excluding hydrogens is 250 g/mol. The standard InChI is InChI=1S/C12H19N3O2S/c1-2-10-6-13-11(18-10)7-14-12(17)15-5-3-4-9(15)8-16/h6,9,16H,2-5,7-8H2,1H3,(H,14,17)/t9-/m1/s1. The molecular formula is C12H19N3O2S. The molecule has 0 aliphatic carbocycles. The molecule has 1 aromatic rings. The van der Waals surface area contributed by atoms with Crippen LogP contribution >= 0.6 is 11.3 Å². The van der Waals surface area contributed by atoms with E-state index in [-0.39, 0.29) is 18.7 Å². The van der Waals surface area contributed by atoms with Gasteiger partial charge >= 0.3 is 6.03 Å². The molecule has 5 nitrogen and oxygen atoms in total. The minimum absolute atomic E-state index is 0.0208. The van der Waals surface area contributed by atoms with Gasteiger partial charge < -0.3 is 15.3 Å². The van der Waals surface area contributed by atoms with Gasteiger partial charge in [-0.1, -0.05) is 6.92 Å². The molecule has 1 aliphatic rings. The van der Waals surface area contributed by atoms with Crippen LogP contribution in [-0.2, 0) is 13.0 Å². The van der Waals surface area contributed by atoms with E-state index in [1.807, 2.05) is 6.20 Å². The summed E-state index contributed by atoms with van der Waals surface area (Å²) >= 11 is 1.63. The van der Waals surface area contributed by atoms with Crippen LogP contribution in [0.3, 0.4) is 0 Å². The Morgan fingerprint density at radius 1 is 1.72 bits per heavy atom. The summed E-state index contributed by atoms with van der Waals surface area (Å²) < 4.78 is 0. The summed E-state index contributed by atoms with van der Waals surface area (Å²) in [5.41, 5.74) is 0. The lowest BCUT2D eigenvalue weighted by molar-refractivity contribution is 0.157. The Morgan fingerprint density at radius 3 is 3.22 bits per heavy atom. The first-order valence-corrected chi connectivity index (χ1v) is 7.15. The monoisotopic (exact) mass is 269 g/mol. The van der Waals surface area contributed by atoms with Crippen LogP contribution < -0.4 is 5.32 Å². The minimum Gasteiger partial charge on any atom is -0.394 e. The van der Waals surface area contributed by atoms with Crippen molar-refractivity contribution in [3.8, 4) is 0 Å². The molecule has 6 heteroatoms. The van der Waals surface area contributed by atoms with Gasteiger partial charge in [-0.2, -0.15) is 0 Å². The highest BCUT2D eigenvalue weighted by atomic mass is 32.1. The Morgan fingerprint density at radius 2 is 2.56 bits per heavy atom.